The van der Waals surface area contributed by atoms with E-state index in [0.717, 1.165) is 66.5 Å². The van der Waals surface area contributed by atoms with Crippen molar-refractivity contribution in [3.8, 4) is 51.0 Å². The van der Waals surface area contributed by atoms with E-state index in [2.05, 4.69) is 162 Å². The first-order valence-electron chi connectivity index (χ1n) is 19.0. The smallest absolute Gasteiger partial charge is 0.167 e. The van der Waals surface area contributed by atoms with E-state index in [1.54, 1.807) is 11.3 Å². The van der Waals surface area contributed by atoms with Gasteiger partial charge in [0.1, 0.15) is 11.2 Å². The van der Waals surface area contributed by atoms with Gasteiger partial charge in [-0.05, 0) is 71.8 Å². The summed E-state index contributed by atoms with van der Waals surface area (Å²) in [5.41, 5.74) is 9.66. The van der Waals surface area contributed by atoms with Crippen molar-refractivity contribution in [2.24, 2.45) is 0 Å². The van der Waals surface area contributed by atoms with Gasteiger partial charge < -0.3 is 8.98 Å². The number of rotatable bonds is 5. The van der Waals surface area contributed by atoms with Gasteiger partial charge in [0.05, 0.1) is 16.6 Å². The number of benzene rings is 8. The molecule has 0 radical (unpaired) electrons. The third kappa shape index (κ3) is 5.12. The summed E-state index contributed by atoms with van der Waals surface area (Å²) in [5, 5.41) is 6.84. The summed E-state index contributed by atoms with van der Waals surface area (Å²) in [4.78, 5) is 15.7. The summed E-state index contributed by atoms with van der Waals surface area (Å²) in [6.07, 6.45) is 0. The highest BCUT2D eigenvalue weighted by Crippen LogP contribution is 2.42. The number of thiophene rings is 1. The normalized spacial score (nSPS) is 11.9. The number of hydrogen-bond acceptors (Lipinski definition) is 5. The van der Waals surface area contributed by atoms with Crippen molar-refractivity contribution in [3.63, 3.8) is 0 Å². The number of furan rings is 1. The number of para-hydroxylation sites is 2. The Morgan fingerprint density at radius 1 is 0.386 bits per heavy atom. The Labute approximate surface area is 330 Å². The molecular formula is C51H30N4OS. The molecule has 0 saturated carbocycles. The van der Waals surface area contributed by atoms with E-state index in [1.807, 2.05) is 24.3 Å². The number of hydrogen-bond donors (Lipinski definition) is 0. The van der Waals surface area contributed by atoms with Gasteiger partial charge in [-0.1, -0.05) is 121 Å². The molecule has 8 aromatic carbocycles. The van der Waals surface area contributed by atoms with Crippen molar-refractivity contribution < 1.29 is 4.42 Å². The van der Waals surface area contributed by atoms with Gasteiger partial charge in [0, 0.05) is 58.5 Å². The fraction of sp³-hybridized carbons (Fsp3) is 0. The third-order valence-electron chi connectivity index (χ3n) is 11.0. The van der Waals surface area contributed by atoms with Gasteiger partial charge in [0.2, 0.25) is 0 Å². The lowest BCUT2D eigenvalue weighted by Gasteiger charge is -2.12. The van der Waals surface area contributed by atoms with Crippen LogP contribution in [0, 0.1) is 0 Å². The Hall–Kier alpha value is -7.41. The molecule has 0 amide bonds. The minimum absolute atomic E-state index is 0.545. The number of nitrogens with zero attached hydrogens (tertiary/aromatic N) is 4. The fourth-order valence-electron chi connectivity index (χ4n) is 8.38. The zero-order chi connectivity index (χ0) is 37.5. The first kappa shape index (κ1) is 31.9. The molecule has 57 heavy (non-hydrogen) atoms. The van der Waals surface area contributed by atoms with Gasteiger partial charge >= 0.3 is 0 Å². The van der Waals surface area contributed by atoms with Crippen molar-refractivity contribution >= 4 is 75.3 Å². The Morgan fingerprint density at radius 3 is 1.74 bits per heavy atom. The van der Waals surface area contributed by atoms with Crippen LogP contribution in [0.25, 0.3) is 115 Å². The Morgan fingerprint density at radius 2 is 0.982 bits per heavy atom. The molecule has 0 atom stereocenters. The van der Waals surface area contributed by atoms with Crippen LogP contribution in [0.3, 0.4) is 0 Å². The molecule has 12 rings (SSSR count). The molecule has 0 aliphatic rings. The zero-order valence-corrected chi connectivity index (χ0v) is 31.2. The largest absolute Gasteiger partial charge is 0.455 e. The van der Waals surface area contributed by atoms with Gasteiger partial charge in [-0.15, -0.1) is 11.3 Å². The summed E-state index contributed by atoms with van der Waals surface area (Å²) in [7, 11) is 0. The van der Waals surface area contributed by atoms with E-state index in [1.165, 1.54) is 30.9 Å². The second kappa shape index (κ2) is 12.6. The molecule has 5 nitrogen and oxygen atoms in total. The molecular weight excluding hydrogens is 717 g/mol. The zero-order valence-electron chi connectivity index (χ0n) is 30.4. The number of aromatic nitrogens is 4. The summed E-state index contributed by atoms with van der Waals surface area (Å²) in [6.45, 7) is 0. The molecule has 0 fully saturated rings. The van der Waals surface area contributed by atoms with E-state index < -0.39 is 0 Å². The third-order valence-corrected chi connectivity index (χ3v) is 12.2. The van der Waals surface area contributed by atoms with Crippen LogP contribution in [0.4, 0.5) is 0 Å². The molecule has 0 spiro atoms. The van der Waals surface area contributed by atoms with Crippen LogP contribution in [0.15, 0.2) is 186 Å². The molecule has 6 heteroatoms. The van der Waals surface area contributed by atoms with Gasteiger partial charge in [-0.3, -0.25) is 0 Å². The van der Waals surface area contributed by atoms with Crippen molar-refractivity contribution in [2.75, 3.05) is 0 Å². The second-order valence-electron chi connectivity index (χ2n) is 14.4. The van der Waals surface area contributed by atoms with E-state index in [-0.39, 0.29) is 0 Å². The maximum Gasteiger partial charge on any atom is 0.167 e. The summed E-state index contributed by atoms with van der Waals surface area (Å²) >= 11 is 1.80. The topological polar surface area (TPSA) is 56.7 Å². The maximum absolute atomic E-state index is 6.93. The van der Waals surface area contributed by atoms with Crippen LogP contribution in [-0.2, 0) is 0 Å². The molecule has 12 aromatic rings. The average Bonchev–Trinajstić information content (AvgIpc) is 3.95. The van der Waals surface area contributed by atoms with Crippen LogP contribution in [-0.4, -0.2) is 19.5 Å². The van der Waals surface area contributed by atoms with Crippen molar-refractivity contribution in [3.05, 3.63) is 182 Å². The minimum Gasteiger partial charge on any atom is -0.455 e. The summed E-state index contributed by atoms with van der Waals surface area (Å²) in [6, 6.07) is 63.8. The van der Waals surface area contributed by atoms with Crippen molar-refractivity contribution in [1.29, 1.82) is 0 Å². The standard InChI is InChI=1S/C51H30N4OS/c1-3-13-31(14-4-1)33-23-25-38-41-29-35(55-43-20-10-7-17-36(43)37-18-8-11-21-44(37)55)30-42(48(41)56-45(38)28-33)51-53-49(32-15-5-2-6-16-32)52-50(54-51)34-24-26-47-40(27-34)39-19-9-12-22-46(39)57-47/h1-30H. The predicted octanol–water partition coefficient (Wildman–Crippen LogP) is 13.9. The Bertz CT molecular complexity index is 3470. The van der Waals surface area contributed by atoms with Crippen molar-refractivity contribution in [2.45, 2.75) is 0 Å². The number of fused-ring (bicyclic) bond motifs is 9. The lowest BCUT2D eigenvalue weighted by molar-refractivity contribution is 0.669. The van der Waals surface area contributed by atoms with Gasteiger partial charge in [0.25, 0.3) is 0 Å². The molecule has 0 aliphatic carbocycles. The van der Waals surface area contributed by atoms with E-state index >= 15 is 0 Å². The summed E-state index contributed by atoms with van der Waals surface area (Å²) in [5.74, 6) is 1.75. The highest BCUT2D eigenvalue weighted by atomic mass is 32.1. The highest BCUT2D eigenvalue weighted by Gasteiger charge is 2.22. The van der Waals surface area contributed by atoms with Crippen LogP contribution in [0.5, 0.6) is 0 Å². The highest BCUT2D eigenvalue weighted by molar-refractivity contribution is 7.25. The Kier molecular flexibility index (Phi) is 7.03. The quantitative estimate of drug-likeness (QED) is 0.176. The monoisotopic (exact) mass is 746 g/mol. The Balaban J connectivity index is 1.16. The molecule has 4 aromatic heterocycles. The molecule has 0 unspecified atom stereocenters. The van der Waals surface area contributed by atoms with Gasteiger partial charge in [0.15, 0.2) is 17.5 Å². The van der Waals surface area contributed by atoms with Crippen LogP contribution >= 0.6 is 11.3 Å². The summed E-state index contributed by atoms with van der Waals surface area (Å²) < 4.78 is 11.8. The molecule has 0 N–H and O–H groups in total. The molecule has 0 saturated heterocycles. The molecule has 0 bridgehead atoms. The SMILES string of the molecule is c1ccc(-c2ccc3c(c2)oc2c(-c4nc(-c5ccccc5)nc(-c5ccc6sc7ccccc7c6c5)n4)cc(-n4c5ccccc5c5ccccc54)cc23)cc1. The van der Waals surface area contributed by atoms with Crippen LogP contribution in [0.2, 0.25) is 0 Å². The first-order chi connectivity index (χ1) is 28.2. The molecule has 4 heterocycles. The van der Waals surface area contributed by atoms with Gasteiger partial charge in [-0.25, -0.2) is 15.0 Å². The fourth-order valence-corrected chi connectivity index (χ4v) is 9.46. The van der Waals surface area contributed by atoms with Gasteiger partial charge in [-0.2, -0.15) is 0 Å². The second-order valence-corrected chi connectivity index (χ2v) is 15.5. The first-order valence-corrected chi connectivity index (χ1v) is 19.8. The van der Waals surface area contributed by atoms with Crippen molar-refractivity contribution in [1.82, 2.24) is 19.5 Å². The maximum atomic E-state index is 6.93. The van der Waals surface area contributed by atoms with E-state index in [4.69, 9.17) is 19.4 Å². The lowest BCUT2D eigenvalue weighted by atomic mass is 10.0. The lowest BCUT2D eigenvalue weighted by Crippen LogP contribution is -2.01. The van der Waals surface area contributed by atoms with Crippen LogP contribution < -0.4 is 0 Å². The van der Waals surface area contributed by atoms with E-state index in [9.17, 15) is 0 Å². The minimum atomic E-state index is 0.545. The predicted molar refractivity (Wildman–Crippen MR) is 236 cm³/mol. The molecule has 266 valence electrons. The van der Waals surface area contributed by atoms with E-state index in [0.29, 0.717) is 17.5 Å². The average molecular weight is 747 g/mol. The van der Waals surface area contributed by atoms with Crippen LogP contribution in [0.1, 0.15) is 0 Å². The molecule has 0 aliphatic heterocycles.